The van der Waals surface area contributed by atoms with Gasteiger partial charge in [0.1, 0.15) is 6.42 Å². The van der Waals surface area contributed by atoms with Crippen LogP contribution < -0.4 is 15.5 Å². The first-order valence-electron chi connectivity index (χ1n) is 7.33. The third-order valence-corrected chi connectivity index (χ3v) is 3.94. The average molecular weight is 441 g/mol. The van der Waals surface area contributed by atoms with Gasteiger partial charge in [-0.25, -0.2) is 5.43 Å². The number of ether oxygens (including phenoxy) is 1. The molecule has 0 fully saturated rings. The molecule has 0 unspecified atom stereocenters. The maximum absolute atomic E-state index is 11.8. The number of phenolic OH excluding ortho intramolecular Hbond substituents is 1. The lowest BCUT2D eigenvalue weighted by Gasteiger charge is -2.07. The second kappa shape index (κ2) is 9.21. The van der Waals surface area contributed by atoms with Crippen molar-refractivity contribution in [2.75, 3.05) is 12.4 Å². The lowest BCUT2D eigenvalue weighted by Crippen LogP contribution is -2.24. The summed E-state index contributed by atoms with van der Waals surface area (Å²) in [5.41, 5.74) is 2.96. The van der Waals surface area contributed by atoms with Gasteiger partial charge in [0, 0.05) is 10.0 Å². The number of para-hydroxylation sites is 1. The standard InChI is InChI=1S/C17H15BrClN3O4/c1-26-14-7-11(18)6-10(17(14)25)9-20-22-16(24)8-15(23)21-13-5-3-2-4-12(13)19/h2-7,9,25H,8H2,1H3,(H,21,23)(H,22,24)/b20-9+. The molecule has 2 amide bonds. The number of aromatic hydroxyl groups is 1. The smallest absolute Gasteiger partial charge is 0.249 e. The van der Waals surface area contributed by atoms with Crippen LogP contribution in [-0.2, 0) is 9.59 Å². The van der Waals surface area contributed by atoms with Crippen molar-refractivity contribution in [1.29, 1.82) is 0 Å². The highest BCUT2D eigenvalue weighted by molar-refractivity contribution is 9.10. The molecule has 0 aliphatic rings. The highest BCUT2D eigenvalue weighted by Gasteiger charge is 2.11. The highest BCUT2D eigenvalue weighted by Crippen LogP contribution is 2.32. The van der Waals surface area contributed by atoms with Crippen LogP contribution in [0.25, 0.3) is 0 Å². The number of carbonyl (C=O) groups is 2. The normalized spacial score (nSPS) is 10.6. The largest absolute Gasteiger partial charge is 0.504 e. The van der Waals surface area contributed by atoms with Gasteiger partial charge in [0.15, 0.2) is 11.5 Å². The summed E-state index contributed by atoms with van der Waals surface area (Å²) >= 11 is 9.21. The zero-order valence-electron chi connectivity index (χ0n) is 13.6. The van der Waals surface area contributed by atoms with E-state index in [1.807, 2.05) is 0 Å². The van der Waals surface area contributed by atoms with Crippen molar-refractivity contribution in [2.45, 2.75) is 6.42 Å². The Labute approximate surface area is 163 Å². The Balaban J connectivity index is 1.92. The number of nitrogens with one attached hydrogen (secondary N) is 2. The molecule has 9 heteroatoms. The van der Waals surface area contributed by atoms with E-state index in [4.69, 9.17) is 16.3 Å². The van der Waals surface area contributed by atoms with Crippen molar-refractivity contribution in [3.05, 3.63) is 51.5 Å². The van der Waals surface area contributed by atoms with E-state index in [1.54, 1.807) is 36.4 Å². The maximum Gasteiger partial charge on any atom is 0.249 e. The first kappa shape index (κ1) is 19.7. The van der Waals surface area contributed by atoms with E-state index in [0.29, 0.717) is 20.7 Å². The van der Waals surface area contributed by atoms with E-state index in [-0.39, 0.29) is 11.5 Å². The molecule has 26 heavy (non-hydrogen) atoms. The molecule has 2 rings (SSSR count). The van der Waals surface area contributed by atoms with E-state index >= 15 is 0 Å². The third kappa shape index (κ3) is 5.47. The van der Waals surface area contributed by atoms with Crippen LogP contribution in [0.4, 0.5) is 5.69 Å². The molecule has 0 heterocycles. The van der Waals surface area contributed by atoms with Crippen LogP contribution in [0.3, 0.4) is 0 Å². The summed E-state index contributed by atoms with van der Waals surface area (Å²) in [6, 6.07) is 9.87. The fraction of sp³-hybridized carbons (Fsp3) is 0.118. The van der Waals surface area contributed by atoms with E-state index in [2.05, 4.69) is 31.8 Å². The van der Waals surface area contributed by atoms with Gasteiger partial charge in [-0.05, 0) is 24.3 Å². The summed E-state index contributed by atoms with van der Waals surface area (Å²) in [5, 5.41) is 16.6. The van der Waals surface area contributed by atoms with E-state index < -0.39 is 18.2 Å². The highest BCUT2D eigenvalue weighted by atomic mass is 79.9. The molecule has 2 aromatic rings. The number of anilines is 1. The van der Waals surface area contributed by atoms with E-state index in [0.717, 1.165) is 0 Å². The number of hydrazone groups is 1. The lowest BCUT2D eigenvalue weighted by molar-refractivity contribution is -0.126. The summed E-state index contributed by atoms with van der Waals surface area (Å²) in [6.07, 6.45) is 0.808. The molecule has 136 valence electrons. The summed E-state index contributed by atoms with van der Waals surface area (Å²) < 4.78 is 5.69. The first-order valence-corrected chi connectivity index (χ1v) is 8.50. The molecule has 0 saturated carbocycles. The topological polar surface area (TPSA) is 100 Å². The van der Waals surface area contributed by atoms with Crippen LogP contribution in [0.2, 0.25) is 5.02 Å². The first-order chi connectivity index (χ1) is 12.4. The molecule has 0 bridgehead atoms. The van der Waals surface area contributed by atoms with Gasteiger partial charge in [0.2, 0.25) is 11.8 Å². The van der Waals surface area contributed by atoms with Crippen LogP contribution in [0.5, 0.6) is 11.5 Å². The van der Waals surface area contributed by atoms with Crippen molar-refractivity contribution in [1.82, 2.24) is 5.43 Å². The predicted octanol–water partition coefficient (Wildman–Crippen LogP) is 3.30. The Bertz CT molecular complexity index is 858. The minimum atomic E-state index is -0.618. The van der Waals surface area contributed by atoms with Crippen LogP contribution in [0, 0.1) is 0 Å². The molecule has 0 saturated heterocycles. The zero-order chi connectivity index (χ0) is 19.1. The molecular formula is C17H15BrClN3O4. The Morgan fingerprint density at radius 3 is 2.73 bits per heavy atom. The molecule has 0 atom stereocenters. The van der Waals surface area contributed by atoms with Crippen molar-refractivity contribution < 1.29 is 19.4 Å². The molecule has 0 aromatic heterocycles. The van der Waals surface area contributed by atoms with Crippen LogP contribution >= 0.6 is 27.5 Å². The second-order valence-electron chi connectivity index (χ2n) is 5.04. The fourth-order valence-corrected chi connectivity index (χ4v) is 2.60. The number of phenols is 1. The zero-order valence-corrected chi connectivity index (χ0v) is 16.0. The molecule has 0 spiro atoms. The molecule has 7 nitrogen and oxygen atoms in total. The predicted molar refractivity (Wildman–Crippen MR) is 103 cm³/mol. The Hall–Kier alpha value is -2.58. The second-order valence-corrected chi connectivity index (χ2v) is 6.37. The number of carbonyl (C=O) groups excluding carboxylic acids is 2. The van der Waals surface area contributed by atoms with Crippen molar-refractivity contribution >= 4 is 51.2 Å². The van der Waals surface area contributed by atoms with Crippen LogP contribution in [0.1, 0.15) is 12.0 Å². The van der Waals surface area contributed by atoms with Gasteiger partial charge in [-0.3, -0.25) is 9.59 Å². The average Bonchev–Trinajstić information content (AvgIpc) is 2.59. The van der Waals surface area contributed by atoms with Crippen molar-refractivity contribution in [3.63, 3.8) is 0 Å². The minimum absolute atomic E-state index is 0.120. The van der Waals surface area contributed by atoms with Gasteiger partial charge in [0.05, 0.1) is 24.0 Å². The number of nitrogens with zero attached hydrogens (tertiary/aromatic N) is 1. The van der Waals surface area contributed by atoms with E-state index in [9.17, 15) is 14.7 Å². The molecule has 0 aliphatic carbocycles. The van der Waals surface area contributed by atoms with Gasteiger partial charge < -0.3 is 15.2 Å². The molecule has 0 radical (unpaired) electrons. The number of amides is 2. The Kier molecular flexibility index (Phi) is 6.99. The Morgan fingerprint density at radius 1 is 1.31 bits per heavy atom. The van der Waals surface area contributed by atoms with Gasteiger partial charge in [-0.1, -0.05) is 39.7 Å². The van der Waals surface area contributed by atoms with Gasteiger partial charge in [-0.2, -0.15) is 5.10 Å². The maximum atomic E-state index is 11.8. The number of methoxy groups -OCH3 is 1. The molecular weight excluding hydrogens is 426 g/mol. The number of benzene rings is 2. The molecule has 3 N–H and O–H groups in total. The number of halogens is 2. The van der Waals surface area contributed by atoms with E-state index in [1.165, 1.54) is 13.3 Å². The number of hydrogen-bond donors (Lipinski definition) is 3. The van der Waals surface area contributed by atoms with Crippen LogP contribution in [-0.4, -0.2) is 30.2 Å². The summed E-state index contributed by atoms with van der Waals surface area (Å²) in [4.78, 5) is 23.6. The minimum Gasteiger partial charge on any atom is -0.504 e. The fourth-order valence-electron chi connectivity index (χ4n) is 1.96. The van der Waals surface area contributed by atoms with Crippen molar-refractivity contribution in [2.24, 2.45) is 5.10 Å². The van der Waals surface area contributed by atoms with Crippen molar-refractivity contribution in [3.8, 4) is 11.5 Å². The monoisotopic (exact) mass is 439 g/mol. The number of rotatable bonds is 6. The van der Waals surface area contributed by atoms with Gasteiger partial charge in [0.25, 0.3) is 0 Å². The molecule has 0 aliphatic heterocycles. The summed E-state index contributed by atoms with van der Waals surface area (Å²) in [5.74, 6) is -1.01. The van der Waals surface area contributed by atoms with Gasteiger partial charge in [-0.15, -0.1) is 0 Å². The Morgan fingerprint density at radius 2 is 2.04 bits per heavy atom. The number of hydrogen-bond acceptors (Lipinski definition) is 5. The summed E-state index contributed by atoms with van der Waals surface area (Å²) in [6.45, 7) is 0. The lowest BCUT2D eigenvalue weighted by atomic mass is 10.2. The van der Waals surface area contributed by atoms with Crippen LogP contribution in [0.15, 0.2) is 46.0 Å². The quantitative estimate of drug-likeness (QED) is 0.364. The molecule has 2 aromatic carbocycles. The SMILES string of the molecule is COc1cc(Br)cc(/C=N/NC(=O)CC(=O)Nc2ccccc2Cl)c1O. The van der Waals surface area contributed by atoms with Gasteiger partial charge >= 0.3 is 0 Å². The third-order valence-electron chi connectivity index (χ3n) is 3.15. The summed E-state index contributed by atoms with van der Waals surface area (Å²) in [7, 11) is 1.42.